The highest BCUT2D eigenvalue weighted by molar-refractivity contribution is 5.88. The summed E-state index contributed by atoms with van der Waals surface area (Å²) in [5.41, 5.74) is 1.22. The first-order chi connectivity index (χ1) is 9.63. The Morgan fingerprint density at radius 2 is 2.25 bits per heavy atom. The fraction of sp³-hybridized carbons (Fsp3) is 0.533. The van der Waals surface area contributed by atoms with E-state index < -0.39 is 5.97 Å². The Labute approximate surface area is 119 Å². The van der Waals surface area contributed by atoms with Gasteiger partial charge in [0, 0.05) is 25.8 Å². The second-order valence-electron chi connectivity index (χ2n) is 5.18. The summed E-state index contributed by atoms with van der Waals surface area (Å²) in [6, 6.07) is 4.99. The molecule has 0 aliphatic carbocycles. The minimum atomic E-state index is -0.910. The molecular formula is C15H21NO4. The quantitative estimate of drug-likeness (QED) is 0.861. The first-order valence-electron chi connectivity index (χ1n) is 6.75. The molecule has 1 unspecified atom stereocenters. The van der Waals surface area contributed by atoms with Gasteiger partial charge in [-0.3, -0.25) is 4.90 Å². The van der Waals surface area contributed by atoms with Crippen LogP contribution in [0.4, 0.5) is 0 Å². The lowest BCUT2D eigenvalue weighted by Crippen LogP contribution is -2.21. The molecule has 0 spiro atoms. The predicted octanol–water partition coefficient (Wildman–Crippen LogP) is 1.86. The third kappa shape index (κ3) is 3.49. The fourth-order valence-electron chi connectivity index (χ4n) is 2.70. The number of likely N-dealkylation sites (tertiary alicyclic amines) is 1. The van der Waals surface area contributed by atoms with Crippen molar-refractivity contribution in [2.24, 2.45) is 5.92 Å². The number of hydrogen-bond acceptors (Lipinski definition) is 4. The van der Waals surface area contributed by atoms with Gasteiger partial charge < -0.3 is 14.6 Å². The smallest absolute Gasteiger partial charge is 0.335 e. The molecule has 5 nitrogen and oxygen atoms in total. The predicted molar refractivity (Wildman–Crippen MR) is 75.2 cm³/mol. The van der Waals surface area contributed by atoms with Crippen LogP contribution in [0, 0.1) is 5.92 Å². The van der Waals surface area contributed by atoms with Crippen LogP contribution in [-0.4, -0.2) is 49.9 Å². The number of carboxylic acid groups (broad SMARTS) is 1. The molecule has 5 heteroatoms. The van der Waals surface area contributed by atoms with Crippen LogP contribution < -0.4 is 4.74 Å². The van der Waals surface area contributed by atoms with Crippen molar-refractivity contribution < 1.29 is 19.4 Å². The van der Waals surface area contributed by atoms with Gasteiger partial charge in [-0.05, 0) is 37.1 Å². The molecule has 1 saturated heterocycles. The summed E-state index contributed by atoms with van der Waals surface area (Å²) in [6.45, 7) is 3.48. The zero-order valence-electron chi connectivity index (χ0n) is 12.0. The Morgan fingerprint density at radius 3 is 2.90 bits per heavy atom. The number of rotatable bonds is 6. The van der Waals surface area contributed by atoms with Crippen molar-refractivity contribution in [3.05, 3.63) is 29.3 Å². The number of carboxylic acids is 1. The van der Waals surface area contributed by atoms with E-state index in [9.17, 15) is 4.79 Å². The van der Waals surface area contributed by atoms with Gasteiger partial charge in [-0.1, -0.05) is 0 Å². The molecule has 1 aromatic carbocycles. The topological polar surface area (TPSA) is 59.0 Å². The van der Waals surface area contributed by atoms with Crippen LogP contribution in [0.5, 0.6) is 5.75 Å². The lowest BCUT2D eigenvalue weighted by molar-refractivity contribution is 0.0696. The molecule has 20 heavy (non-hydrogen) atoms. The molecule has 1 aliphatic heterocycles. The van der Waals surface area contributed by atoms with Crippen molar-refractivity contribution >= 4 is 5.97 Å². The highest BCUT2D eigenvalue weighted by atomic mass is 16.5. The molecule has 0 saturated carbocycles. The van der Waals surface area contributed by atoms with Gasteiger partial charge in [0.2, 0.25) is 0 Å². The molecule has 0 bridgehead atoms. The van der Waals surface area contributed by atoms with Gasteiger partial charge in [0.05, 0.1) is 19.3 Å². The lowest BCUT2D eigenvalue weighted by Gasteiger charge is -2.18. The van der Waals surface area contributed by atoms with Crippen molar-refractivity contribution in [1.82, 2.24) is 4.90 Å². The zero-order chi connectivity index (χ0) is 14.5. The highest BCUT2D eigenvalue weighted by Gasteiger charge is 2.23. The number of carbonyl (C=O) groups is 1. The van der Waals surface area contributed by atoms with Crippen molar-refractivity contribution in [2.45, 2.75) is 13.0 Å². The molecular weight excluding hydrogens is 258 g/mol. The van der Waals surface area contributed by atoms with Crippen LogP contribution in [0.25, 0.3) is 0 Å². The number of benzene rings is 1. The standard InChI is InChI=1S/C15H21NO4/c1-19-10-11-5-6-16(8-11)9-13-7-12(15(17)18)3-4-14(13)20-2/h3-4,7,11H,5-6,8-10H2,1-2H3,(H,17,18). The second-order valence-corrected chi connectivity index (χ2v) is 5.18. The largest absolute Gasteiger partial charge is 0.496 e. The van der Waals surface area contributed by atoms with Gasteiger partial charge in [-0.15, -0.1) is 0 Å². The Morgan fingerprint density at radius 1 is 1.45 bits per heavy atom. The fourth-order valence-corrected chi connectivity index (χ4v) is 2.70. The van der Waals surface area contributed by atoms with Gasteiger partial charge in [0.25, 0.3) is 0 Å². The van der Waals surface area contributed by atoms with Crippen molar-refractivity contribution in [1.29, 1.82) is 0 Å². The van der Waals surface area contributed by atoms with Crippen LogP contribution in [0.3, 0.4) is 0 Å². The molecule has 0 aromatic heterocycles. The van der Waals surface area contributed by atoms with E-state index in [2.05, 4.69) is 4.90 Å². The number of hydrogen-bond donors (Lipinski definition) is 1. The van der Waals surface area contributed by atoms with E-state index >= 15 is 0 Å². The number of aromatic carboxylic acids is 1. The minimum absolute atomic E-state index is 0.299. The van der Waals surface area contributed by atoms with E-state index in [4.69, 9.17) is 14.6 Å². The van der Waals surface area contributed by atoms with E-state index in [-0.39, 0.29) is 0 Å². The van der Waals surface area contributed by atoms with Crippen molar-refractivity contribution in [3.8, 4) is 5.75 Å². The molecule has 1 aromatic rings. The van der Waals surface area contributed by atoms with E-state index in [1.54, 1.807) is 32.4 Å². The molecule has 1 fully saturated rings. The van der Waals surface area contributed by atoms with Crippen LogP contribution in [0.2, 0.25) is 0 Å². The van der Waals surface area contributed by atoms with E-state index in [0.29, 0.717) is 18.0 Å². The number of ether oxygens (including phenoxy) is 2. The third-order valence-corrected chi connectivity index (χ3v) is 3.69. The van der Waals surface area contributed by atoms with Gasteiger partial charge >= 0.3 is 5.97 Å². The van der Waals surface area contributed by atoms with Crippen LogP contribution in [0.1, 0.15) is 22.3 Å². The maximum Gasteiger partial charge on any atom is 0.335 e. The van der Waals surface area contributed by atoms with Crippen molar-refractivity contribution in [2.75, 3.05) is 33.9 Å². The molecule has 1 N–H and O–H groups in total. The van der Waals surface area contributed by atoms with Gasteiger partial charge in [-0.2, -0.15) is 0 Å². The Hall–Kier alpha value is -1.59. The SMILES string of the molecule is COCC1CCN(Cc2cc(C(=O)O)ccc2OC)C1. The molecule has 1 aliphatic rings. The molecule has 110 valence electrons. The van der Waals surface area contributed by atoms with Gasteiger partial charge in [0.1, 0.15) is 5.75 Å². The Kier molecular flexibility index (Phi) is 4.98. The van der Waals surface area contributed by atoms with E-state index in [1.165, 1.54) is 0 Å². The summed E-state index contributed by atoms with van der Waals surface area (Å²) < 4.78 is 10.5. The first-order valence-corrected chi connectivity index (χ1v) is 6.75. The Balaban J connectivity index is 2.08. The normalized spacial score (nSPS) is 19.2. The second kappa shape index (κ2) is 6.72. The van der Waals surface area contributed by atoms with Crippen molar-refractivity contribution in [3.63, 3.8) is 0 Å². The van der Waals surface area contributed by atoms with E-state index in [0.717, 1.165) is 37.4 Å². The average Bonchev–Trinajstić information content (AvgIpc) is 2.86. The molecule has 0 amide bonds. The lowest BCUT2D eigenvalue weighted by atomic mass is 10.1. The summed E-state index contributed by atoms with van der Waals surface area (Å²) in [5, 5.41) is 9.07. The number of nitrogens with zero attached hydrogens (tertiary/aromatic N) is 1. The summed E-state index contributed by atoms with van der Waals surface area (Å²) in [6.07, 6.45) is 1.12. The minimum Gasteiger partial charge on any atom is -0.496 e. The first kappa shape index (κ1) is 14.8. The molecule has 1 heterocycles. The highest BCUT2D eigenvalue weighted by Crippen LogP contribution is 2.25. The number of methoxy groups -OCH3 is 2. The molecule has 2 rings (SSSR count). The maximum atomic E-state index is 11.1. The third-order valence-electron chi connectivity index (χ3n) is 3.69. The van der Waals surface area contributed by atoms with Crippen LogP contribution in [-0.2, 0) is 11.3 Å². The molecule has 1 atom stereocenters. The average molecular weight is 279 g/mol. The maximum absolute atomic E-state index is 11.1. The monoisotopic (exact) mass is 279 g/mol. The van der Waals surface area contributed by atoms with Gasteiger partial charge in [0.15, 0.2) is 0 Å². The summed E-state index contributed by atoms with van der Waals surface area (Å²) in [4.78, 5) is 13.4. The summed E-state index contributed by atoms with van der Waals surface area (Å²) >= 11 is 0. The Bertz CT molecular complexity index is 475. The van der Waals surface area contributed by atoms with Crippen LogP contribution >= 0.6 is 0 Å². The summed E-state index contributed by atoms with van der Waals surface area (Å²) in [7, 11) is 3.33. The zero-order valence-corrected chi connectivity index (χ0v) is 12.0. The van der Waals surface area contributed by atoms with Gasteiger partial charge in [-0.25, -0.2) is 4.79 Å². The van der Waals surface area contributed by atoms with E-state index in [1.807, 2.05) is 0 Å². The molecule has 0 radical (unpaired) electrons. The summed E-state index contributed by atoms with van der Waals surface area (Å²) in [5.74, 6) is 0.395. The van der Waals surface area contributed by atoms with Crippen LogP contribution in [0.15, 0.2) is 18.2 Å².